The van der Waals surface area contributed by atoms with Crippen LogP contribution in [0.15, 0.2) is 30.3 Å². The summed E-state index contributed by atoms with van der Waals surface area (Å²) in [6.07, 6.45) is 0. The van der Waals surface area contributed by atoms with Gasteiger partial charge in [0.05, 0.1) is 6.54 Å². The lowest BCUT2D eigenvalue weighted by Gasteiger charge is -2.23. The Bertz CT molecular complexity index is 423. The zero-order valence-electron chi connectivity index (χ0n) is 11.2. The predicted molar refractivity (Wildman–Crippen MR) is 76.0 cm³/mol. The number of carbonyl (C=O) groups is 2. The van der Waals surface area contributed by atoms with Crippen molar-refractivity contribution in [2.45, 2.75) is 19.2 Å². The smallest absolute Gasteiger partial charge is 0.245 e. The number of hydrogen-bond donors (Lipinski definition) is 1. The van der Waals surface area contributed by atoms with Crippen molar-refractivity contribution in [2.75, 3.05) is 19.6 Å². The van der Waals surface area contributed by atoms with Crippen LogP contribution in [0.25, 0.3) is 0 Å². The molecule has 0 heterocycles. The quantitative estimate of drug-likeness (QED) is 0.811. The molecule has 5 heteroatoms. The Hall–Kier alpha value is -1.55. The summed E-state index contributed by atoms with van der Waals surface area (Å²) in [6, 6.07) is 9.13. The number of amides is 2. The Kier molecular flexibility index (Phi) is 6.36. The summed E-state index contributed by atoms with van der Waals surface area (Å²) in [5, 5.41) is 1.91. The van der Waals surface area contributed by atoms with Gasteiger partial charge in [0.1, 0.15) is 5.38 Å². The predicted octanol–water partition coefficient (Wildman–Crippen LogP) is 1.95. The highest BCUT2D eigenvalue weighted by atomic mass is 35.5. The first kappa shape index (κ1) is 15.5. The fourth-order valence-electron chi connectivity index (χ4n) is 1.70. The van der Waals surface area contributed by atoms with E-state index in [0.29, 0.717) is 13.1 Å². The first-order chi connectivity index (χ1) is 9.10. The maximum atomic E-state index is 12.2. The van der Waals surface area contributed by atoms with Gasteiger partial charge in [0.25, 0.3) is 0 Å². The molecule has 0 aliphatic carbocycles. The molecule has 1 N–H and O–H groups in total. The van der Waals surface area contributed by atoms with Gasteiger partial charge in [-0.2, -0.15) is 0 Å². The van der Waals surface area contributed by atoms with Gasteiger partial charge in [0.2, 0.25) is 11.8 Å². The van der Waals surface area contributed by atoms with Crippen molar-refractivity contribution in [3.05, 3.63) is 35.9 Å². The highest BCUT2D eigenvalue weighted by Gasteiger charge is 2.24. The van der Waals surface area contributed by atoms with Gasteiger partial charge in [-0.1, -0.05) is 30.3 Å². The van der Waals surface area contributed by atoms with Crippen LogP contribution >= 0.6 is 11.6 Å². The summed E-state index contributed by atoms with van der Waals surface area (Å²) < 4.78 is 0. The van der Waals surface area contributed by atoms with Gasteiger partial charge in [-0.15, -0.1) is 11.6 Å². The van der Waals surface area contributed by atoms with Crippen molar-refractivity contribution in [3.63, 3.8) is 0 Å². The van der Waals surface area contributed by atoms with Crippen molar-refractivity contribution in [1.82, 2.24) is 10.2 Å². The van der Waals surface area contributed by atoms with E-state index in [1.807, 2.05) is 32.0 Å². The van der Waals surface area contributed by atoms with Crippen LogP contribution in [-0.4, -0.2) is 36.3 Å². The van der Waals surface area contributed by atoms with E-state index in [9.17, 15) is 9.59 Å². The molecule has 0 fully saturated rings. The molecule has 1 unspecified atom stereocenters. The van der Waals surface area contributed by atoms with Crippen molar-refractivity contribution in [1.29, 1.82) is 0 Å². The van der Waals surface area contributed by atoms with Crippen molar-refractivity contribution in [2.24, 2.45) is 0 Å². The van der Waals surface area contributed by atoms with Crippen LogP contribution in [0.1, 0.15) is 24.8 Å². The normalized spacial score (nSPS) is 11.7. The van der Waals surface area contributed by atoms with Crippen LogP contribution in [0.2, 0.25) is 0 Å². The Morgan fingerprint density at radius 3 is 2.42 bits per heavy atom. The van der Waals surface area contributed by atoms with Crippen LogP contribution in [0.3, 0.4) is 0 Å². The van der Waals surface area contributed by atoms with Gasteiger partial charge < -0.3 is 10.2 Å². The summed E-state index contributed by atoms with van der Waals surface area (Å²) >= 11 is 6.17. The molecule has 1 atom stereocenters. The fraction of sp³-hybridized carbons (Fsp3) is 0.429. The summed E-state index contributed by atoms with van der Waals surface area (Å²) in [7, 11) is 0. The van der Waals surface area contributed by atoms with Crippen LogP contribution < -0.4 is 5.32 Å². The van der Waals surface area contributed by atoms with Gasteiger partial charge in [-0.25, -0.2) is 0 Å². The molecule has 0 aliphatic heterocycles. The molecule has 0 saturated heterocycles. The standard InChI is InChI=1S/C14H19ClN2O2/c1-3-16-12(18)10-17(4-2)14(19)13(15)11-8-6-5-7-9-11/h5-9,13H,3-4,10H2,1-2H3,(H,16,18). The molecular weight excluding hydrogens is 264 g/mol. The zero-order chi connectivity index (χ0) is 14.3. The van der Waals surface area contributed by atoms with E-state index in [2.05, 4.69) is 5.32 Å². The summed E-state index contributed by atoms with van der Waals surface area (Å²) in [4.78, 5) is 25.2. The number of nitrogens with one attached hydrogen (secondary N) is 1. The van der Waals surface area contributed by atoms with E-state index >= 15 is 0 Å². The molecular formula is C14H19ClN2O2. The monoisotopic (exact) mass is 282 g/mol. The number of alkyl halides is 1. The molecule has 1 aromatic carbocycles. The maximum Gasteiger partial charge on any atom is 0.245 e. The molecule has 0 aliphatic rings. The molecule has 19 heavy (non-hydrogen) atoms. The van der Waals surface area contributed by atoms with Crippen LogP contribution in [0.5, 0.6) is 0 Å². The number of carbonyl (C=O) groups excluding carboxylic acids is 2. The Morgan fingerprint density at radius 2 is 1.89 bits per heavy atom. The van der Waals surface area contributed by atoms with E-state index in [4.69, 9.17) is 11.6 Å². The lowest BCUT2D eigenvalue weighted by Crippen LogP contribution is -2.41. The second-order valence-electron chi connectivity index (χ2n) is 4.08. The molecule has 0 radical (unpaired) electrons. The fourth-order valence-corrected chi connectivity index (χ4v) is 1.98. The second-order valence-corrected chi connectivity index (χ2v) is 4.52. The van der Waals surface area contributed by atoms with E-state index in [1.54, 1.807) is 12.1 Å². The van der Waals surface area contributed by atoms with Crippen molar-refractivity contribution in [3.8, 4) is 0 Å². The average Bonchev–Trinajstić information content (AvgIpc) is 2.44. The number of nitrogens with zero attached hydrogens (tertiary/aromatic N) is 1. The molecule has 2 amide bonds. The number of benzene rings is 1. The Labute approximate surface area is 118 Å². The first-order valence-corrected chi connectivity index (χ1v) is 6.78. The zero-order valence-corrected chi connectivity index (χ0v) is 12.0. The highest BCUT2D eigenvalue weighted by Crippen LogP contribution is 2.22. The van der Waals surface area contributed by atoms with E-state index < -0.39 is 5.38 Å². The van der Waals surface area contributed by atoms with Crippen LogP contribution in [0, 0.1) is 0 Å². The lowest BCUT2D eigenvalue weighted by atomic mass is 10.1. The third-order valence-electron chi connectivity index (χ3n) is 2.71. The minimum atomic E-state index is -0.754. The number of hydrogen-bond acceptors (Lipinski definition) is 2. The summed E-state index contributed by atoms with van der Waals surface area (Å²) in [6.45, 7) is 4.70. The molecule has 0 saturated carbocycles. The first-order valence-electron chi connectivity index (χ1n) is 6.34. The maximum absolute atomic E-state index is 12.2. The molecule has 0 bridgehead atoms. The van der Waals surface area contributed by atoms with Crippen LogP contribution in [-0.2, 0) is 9.59 Å². The van der Waals surface area contributed by atoms with Gasteiger partial charge in [-0.3, -0.25) is 9.59 Å². The van der Waals surface area contributed by atoms with Gasteiger partial charge in [0, 0.05) is 13.1 Å². The van der Waals surface area contributed by atoms with Crippen molar-refractivity contribution < 1.29 is 9.59 Å². The average molecular weight is 283 g/mol. The third kappa shape index (κ3) is 4.56. The summed E-state index contributed by atoms with van der Waals surface area (Å²) in [5.74, 6) is -0.420. The number of likely N-dealkylation sites (N-methyl/N-ethyl adjacent to an activating group) is 2. The molecule has 104 valence electrons. The van der Waals surface area contributed by atoms with Crippen molar-refractivity contribution >= 4 is 23.4 Å². The summed E-state index contributed by atoms with van der Waals surface area (Å²) in [5.41, 5.74) is 0.739. The van der Waals surface area contributed by atoms with Gasteiger partial charge in [0.15, 0.2) is 0 Å². The minimum Gasteiger partial charge on any atom is -0.355 e. The van der Waals surface area contributed by atoms with E-state index in [0.717, 1.165) is 5.56 Å². The highest BCUT2D eigenvalue weighted by molar-refractivity contribution is 6.30. The molecule has 0 aromatic heterocycles. The van der Waals surface area contributed by atoms with E-state index in [-0.39, 0.29) is 18.4 Å². The number of rotatable bonds is 6. The molecule has 4 nitrogen and oxygen atoms in total. The van der Waals surface area contributed by atoms with E-state index in [1.165, 1.54) is 4.90 Å². The lowest BCUT2D eigenvalue weighted by molar-refractivity contribution is -0.135. The SMILES string of the molecule is CCNC(=O)CN(CC)C(=O)C(Cl)c1ccccc1. The largest absolute Gasteiger partial charge is 0.355 e. The Balaban J connectivity index is 2.70. The second kappa shape index (κ2) is 7.79. The van der Waals surface area contributed by atoms with Gasteiger partial charge >= 0.3 is 0 Å². The minimum absolute atomic E-state index is 0.0409. The molecule has 1 rings (SSSR count). The number of halogens is 1. The van der Waals surface area contributed by atoms with Crippen LogP contribution in [0.4, 0.5) is 0 Å². The molecule has 0 spiro atoms. The molecule has 1 aromatic rings. The topological polar surface area (TPSA) is 49.4 Å². The van der Waals surface area contributed by atoms with Gasteiger partial charge in [-0.05, 0) is 19.4 Å². The third-order valence-corrected chi connectivity index (χ3v) is 3.15. The Morgan fingerprint density at radius 1 is 1.26 bits per heavy atom.